The van der Waals surface area contributed by atoms with Crippen LogP contribution >= 0.6 is 0 Å². The summed E-state index contributed by atoms with van der Waals surface area (Å²) in [5.74, 6) is 1.22. The Balaban J connectivity index is 1.94. The van der Waals surface area contributed by atoms with Crippen molar-refractivity contribution in [3.05, 3.63) is 35.1 Å². The van der Waals surface area contributed by atoms with Gasteiger partial charge in [0.1, 0.15) is 11.7 Å². The van der Waals surface area contributed by atoms with E-state index in [0.717, 1.165) is 30.9 Å². The maximum atomic E-state index is 13.0. The minimum atomic E-state index is -0.146. The number of hydrogen-bond acceptors (Lipinski definition) is 2. The van der Waals surface area contributed by atoms with Gasteiger partial charge in [-0.15, -0.1) is 0 Å². The Morgan fingerprint density at radius 3 is 3.14 bits per heavy atom. The van der Waals surface area contributed by atoms with Gasteiger partial charge in [0, 0.05) is 12.5 Å². The smallest absolute Gasteiger partial charge is 0.123 e. The molecule has 0 aromatic heterocycles. The van der Waals surface area contributed by atoms with Gasteiger partial charge in [-0.3, -0.25) is 4.99 Å². The van der Waals surface area contributed by atoms with Crippen LogP contribution in [-0.2, 0) is 6.42 Å². The first-order chi connectivity index (χ1) is 6.84. The summed E-state index contributed by atoms with van der Waals surface area (Å²) in [6.07, 6.45) is 1.00. The van der Waals surface area contributed by atoms with Gasteiger partial charge in [-0.2, -0.15) is 0 Å². The Kier molecular flexibility index (Phi) is 1.60. The predicted octanol–water partition coefficient (Wildman–Crippen LogP) is 1.47. The zero-order valence-corrected chi connectivity index (χ0v) is 7.76. The van der Waals surface area contributed by atoms with Crippen LogP contribution < -0.4 is 5.32 Å². The third kappa shape index (κ3) is 1.05. The Morgan fingerprint density at radius 2 is 2.36 bits per heavy atom. The molecule has 2 aliphatic rings. The SMILES string of the molecule is Fc1ccc2c(c1)C(C1=NCCN1)C2. The molecule has 1 atom stereocenters. The lowest BCUT2D eigenvalue weighted by Crippen LogP contribution is -2.32. The van der Waals surface area contributed by atoms with E-state index < -0.39 is 0 Å². The molecule has 0 saturated carbocycles. The van der Waals surface area contributed by atoms with Crippen molar-refractivity contribution in [3.8, 4) is 0 Å². The van der Waals surface area contributed by atoms with Crippen LogP contribution in [0.15, 0.2) is 23.2 Å². The van der Waals surface area contributed by atoms with Crippen molar-refractivity contribution in [1.82, 2.24) is 5.32 Å². The van der Waals surface area contributed by atoms with E-state index in [2.05, 4.69) is 10.3 Å². The van der Waals surface area contributed by atoms with Gasteiger partial charge < -0.3 is 5.32 Å². The first kappa shape index (κ1) is 7.97. The topological polar surface area (TPSA) is 24.4 Å². The van der Waals surface area contributed by atoms with E-state index >= 15 is 0 Å². The van der Waals surface area contributed by atoms with Crippen LogP contribution in [0, 0.1) is 5.82 Å². The summed E-state index contributed by atoms with van der Waals surface area (Å²) in [6, 6.07) is 5.03. The summed E-state index contributed by atoms with van der Waals surface area (Å²) >= 11 is 0. The molecule has 0 amide bonds. The Morgan fingerprint density at radius 1 is 1.43 bits per heavy atom. The highest BCUT2D eigenvalue weighted by molar-refractivity contribution is 5.92. The van der Waals surface area contributed by atoms with Crippen molar-refractivity contribution < 1.29 is 4.39 Å². The van der Waals surface area contributed by atoms with Crippen molar-refractivity contribution in [3.63, 3.8) is 0 Å². The van der Waals surface area contributed by atoms with Gasteiger partial charge in [0.2, 0.25) is 0 Å². The summed E-state index contributed by atoms with van der Waals surface area (Å²) < 4.78 is 13.0. The quantitative estimate of drug-likeness (QED) is 0.712. The highest BCUT2D eigenvalue weighted by Gasteiger charge is 2.31. The number of fused-ring (bicyclic) bond motifs is 1. The number of halogens is 1. The number of aliphatic imine (C=N–C) groups is 1. The number of amidine groups is 1. The minimum Gasteiger partial charge on any atom is -0.371 e. The molecule has 1 heterocycles. The standard InChI is InChI=1S/C11H11FN2/c12-8-2-1-7-5-10(9(7)6-8)11-13-3-4-14-11/h1-2,6,10H,3-5H2,(H,13,14). The fraction of sp³-hybridized carbons (Fsp3) is 0.364. The van der Waals surface area contributed by atoms with E-state index in [1.807, 2.05) is 6.07 Å². The highest BCUT2D eigenvalue weighted by atomic mass is 19.1. The van der Waals surface area contributed by atoms with Crippen molar-refractivity contribution in [1.29, 1.82) is 0 Å². The number of rotatable bonds is 1. The summed E-state index contributed by atoms with van der Waals surface area (Å²) in [7, 11) is 0. The van der Waals surface area contributed by atoms with Crippen LogP contribution in [-0.4, -0.2) is 18.9 Å². The molecule has 1 aliphatic carbocycles. The maximum absolute atomic E-state index is 13.0. The van der Waals surface area contributed by atoms with Crippen molar-refractivity contribution in [2.75, 3.05) is 13.1 Å². The van der Waals surface area contributed by atoms with E-state index in [0.29, 0.717) is 5.92 Å². The van der Waals surface area contributed by atoms with Gasteiger partial charge in [0.15, 0.2) is 0 Å². The molecule has 0 radical (unpaired) electrons. The van der Waals surface area contributed by atoms with E-state index in [1.165, 1.54) is 11.6 Å². The summed E-state index contributed by atoms with van der Waals surface area (Å²) in [5, 5.41) is 3.25. The molecule has 1 N–H and O–H groups in total. The molecule has 1 aliphatic heterocycles. The molecule has 14 heavy (non-hydrogen) atoms. The molecule has 0 spiro atoms. The van der Waals surface area contributed by atoms with Crippen LogP contribution in [0.2, 0.25) is 0 Å². The highest BCUT2D eigenvalue weighted by Crippen LogP contribution is 2.36. The number of nitrogens with one attached hydrogen (secondary N) is 1. The molecule has 1 unspecified atom stereocenters. The molecular weight excluding hydrogens is 179 g/mol. The molecule has 1 aromatic rings. The molecule has 0 saturated heterocycles. The Labute approximate surface area is 81.9 Å². The van der Waals surface area contributed by atoms with Crippen LogP contribution in [0.25, 0.3) is 0 Å². The maximum Gasteiger partial charge on any atom is 0.123 e. The lowest BCUT2D eigenvalue weighted by atomic mass is 9.77. The number of benzene rings is 1. The van der Waals surface area contributed by atoms with Gasteiger partial charge in [0.25, 0.3) is 0 Å². The van der Waals surface area contributed by atoms with Crippen molar-refractivity contribution in [2.24, 2.45) is 4.99 Å². The second-order valence-electron chi connectivity index (χ2n) is 3.79. The van der Waals surface area contributed by atoms with Crippen molar-refractivity contribution in [2.45, 2.75) is 12.3 Å². The molecule has 3 heteroatoms. The fourth-order valence-corrected chi connectivity index (χ4v) is 2.17. The van der Waals surface area contributed by atoms with Crippen LogP contribution in [0.3, 0.4) is 0 Å². The van der Waals surface area contributed by atoms with Gasteiger partial charge in [0.05, 0.1) is 6.54 Å². The summed E-state index contributed by atoms with van der Waals surface area (Å²) in [4.78, 5) is 4.37. The van der Waals surface area contributed by atoms with Crippen LogP contribution in [0.4, 0.5) is 4.39 Å². The van der Waals surface area contributed by atoms with Gasteiger partial charge in [-0.1, -0.05) is 6.07 Å². The lowest BCUT2D eigenvalue weighted by molar-refractivity contribution is 0.614. The average molecular weight is 190 g/mol. The molecular formula is C11H11FN2. The lowest BCUT2D eigenvalue weighted by Gasteiger charge is -2.30. The molecule has 2 nitrogen and oxygen atoms in total. The normalized spacial score (nSPS) is 23.5. The zero-order chi connectivity index (χ0) is 9.54. The average Bonchev–Trinajstić information content (AvgIpc) is 2.64. The van der Waals surface area contributed by atoms with Gasteiger partial charge >= 0.3 is 0 Å². The number of nitrogens with zero attached hydrogens (tertiary/aromatic N) is 1. The van der Waals surface area contributed by atoms with Gasteiger partial charge in [-0.25, -0.2) is 4.39 Å². The fourth-order valence-electron chi connectivity index (χ4n) is 2.17. The Bertz CT molecular complexity index is 412. The van der Waals surface area contributed by atoms with Crippen LogP contribution in [0.5, 0.6) is 0 Å². The monoisotopic (exact) mass is 190 g/mol. The summed E-state index contributed by atoms with van der Waals surface area (Å²) in [6.45, 7) is 1.78. The number of hydrogen-bond donors (Lipinski definition) is 1. The van der Waals surface area contributed by atoms with E-state index in [4.69, 9.17) is 0 Å². The van der Waals surface area contributed by atoms with E-state index in [-0.39, 0.29) is 5.82 Å². The first-order valence-corrected chi connectivity index (χ1v) is 4.91. The van der Waals surface area contributed by atoms with E-state index in [1.54, 1.807) is 6.07 Å². The largest absolute Gasteiger partial charge is 0.371 e. The van der Waals surface area contributed by atoms with E-state index in [9.17, 15) is 4.39 Å². The van der Waals surface area contributed by atoms with Gasteiger partial charge in [-0.05, 0) is 29.7 Å². The second-order valence-corrected chi connectivity index (χ2v) is 3.79. The van der Waals surface area contributed by atoms with Crippen LogP contribution in [0.1, 0.15) is 17.0 Å². The molecule has 0 bridgehead atoms. The minimum absolute atomic E-state index is 0.146. The zero-order valence-electron chi connectivity index (χ0n) is 7.76. The predicted molar refractivity (Wildman–Crippen MR) is 53.1 cm³/mol. The summed E-state index contributed by atoms with van der Waals surface area (Å²) in [5.41, 5.74) is 2.37. The molecule has 3 rings (SSSR count). The van der Waals surface area contributed by atoms with Crippen molar-refractivity contribution >= 4 is 5.84 Å². The first-order valence-electron chi connectivity index (χ1n) is 4.91. The molecule has 0 fully saturated rings. The second kappa shape index (κ2) is 2.80. The molecule has 1 aromatic carbocycles. The third-order valence-electron chi connectivity index (χ3n) is 2.94. The Hall–Kier alpha value is -1.38. The molecule has 72 valence electrons. The third-order valence-corrected chi connectivity index (χ3v) is 2.94.